The molecule has 2 aromatic rings. The first-order valence-corrected chi connectivity index (χ1v) is 9.81. The minimum absolute atomic E-state index is 0.924. The Hall–Kier alpha value is -1.10. The second-order valence-electron chi connectivity index (χ2n) is 5.31. The molecule has 22 heavy (non-hydrogen) atoms. The molecule has 0 aliphatic carbocycles. The largest absolute Gasteiger partial charge is 0.438 e. The maximum Gasteiger partial charge on any atom is 0.286 e. The predicted molar refractivity (Wildman–Crippen MR) is 99.8 cm³/mol. The molecule has 2 aromatic carbocycles. The van der Waals surface area contributed by atoms with Gasteiger partial charge in [-0.3, -0.25) is 0 Å². The van der Waals surface area contributed by atoms with Crippen LogP contribution in [0.25, 0.3) is 0 Å². The highest BCUT2D eigenvalue weighted by Crippen LogP contribution is 2.39. The van der Waals surface area contributed by atoms with E-state index in [9.17, 15) is 0 Å². The average Bonchev–Trinajstić information content (AvgIpc) is 2.50. The van der Waals surface area contributed by atoms with Gasteiger partial charge in [0, 0.05) is 6.66 Å². The summed E-state index contributed by atoms with van der Waals surface area (Å²) < 4.78 is 12.1. The van der Waals surface area contributed by atoms with Gasteiger partial charge in [-0.2, -0.15) is 0 Å². The summed E-state index contributed by atoms with van der Waals surface area (Å²) in [5, 5.41) is 1.18. The van der Waals surface area contributed by atoms with Crippen LogP contribution in [0.15, 0.2) is 36.4 Å². The number of benzene rings is 2. The van der Waals surface area contributed by atoms with Crippen molar-refractivity contribution in [2.24, 2.45) is 0 Å². The molecule has 0 bridgehead atoms. The Morgan fingerprint density at radius 3 is 2.05 bits per heavy atom. The molecule has 2 rings (SSSR count). The highest BCUT2D eigenvalue weighted by Gasteiger charge is 2.13. The van der Waals surface area contributed by atoms with E-state index in [1.807, 2.05) is 24.9 Å². The zero-order valence-electron chi connectivity index (χ0n) is 13.7. The molecule has 0 heterocycles. The van der Waals surface area contributed by atoms with Gasteiger partial charge in [0.25, 0.3) is 8.38 Å². The Kier molecular flexibility index (Phi) is 6.24. The van der Waals surface area contributed by atoms with Crippen molar-refractivity contribution in [3.05, 3.63) is 53.1 Å². The Morgan fingerprint density at radius 1 is 0.909 bits per heavy atom. The monoisotopic (exact) mass is 334 g/mol. The molecule has 0 amide bonds. The molecule has 0 saturated carbocycles. The summed E-state index contributed by atoms with van der Waals surface area (Å²) in [4.78, 5) is 0. The molecule has 0 saturated heterocycles. The van der Waals surface area contributed by atoms with Crippen molar-refractivity contribution in [1.82, 2.24) is 0 Å². The first kappa shape index (κ1) is 17.3. The van der Waals surface area contributed by atoms with Gasteiger partial charge in [0.2, 0.25) is 0 Å². The van der Waals surface area contributed by atoms with Crippen LogP contribution >= 0.6 is 17.6 Å². The molecule has 0 N–H and O–H groups in total. The Morgan fingerprint density at radius 2 is 1.45 bits per heavy atom. The SMILES string of the molecule is CCc1cc(C)ccc1OP(C)Oc1ccc(P)cc1CC. The van der Waals surface area contributed by atoms with Gasteiger partial charge in [0.05, 0.1) is 0 Å². The smallest absolute Gasteiger partial charge is 0.286 e. The first-order valence-electron chi connectivity index (χ1n) is 7.61. The molecule has 0 fully saturated rings. The molecule has 2 unspecified atom stereocenters. The van der Waals surface area contributed by atoms with E-state index in [2.05, 4.69) is 48.2 Å². The van der Waals surface area contributed by atoms with Crippen LogP contribution in [0.4, 0.5) is 0 Å². The Labute approximate surface area is 137 Å². The highest BCUT2D eigenvalue weighted by atomic mass is 31.2. The lowest BCUT2D eigenvalue weighted by Crippen LogP contribution is -2.01. The number of hydrogen-bond acceptors (Lipinski definition) is 2. The fourth-order valence-electron chi connectivity index (χ4n) is 2.33. The van der Waals surface area contributed by atoms with E-state index in [1.54, 1.807) is 0 Å². The fourth-order valence-corrected chi connectivity index (χ4v) is 3.58. The Balaban J connectivity index is 2.12. The van der Waals surface area contributed by atoms with Crippen LogP contribution < -0.4 is 14.4 Å². The normalized spacial score (nSPS) is 12.0. The lowest BCUT2D eigenvalue weighted by Gasteiger charge is -2.19. The minimum atomic E-state index is -1.00. The minimum Gasteiger partial charge on any atom is -0.438 e. The van der Waals surface area contributed by atoms with Crippen molar-refractivity contribution in [2.75, 3.05) is 6.66 Å². The lowest BCUT2D eigenvalue weighted by atomic mass is 10.1. The molecule has 4 heteroatoms. The molecular weight excluding hydrogens is 310 g/mol. The molecule has 0 aromatic heterocycles. The summed E-state index contributed by atoms with van der Waals surface area (Å²) >= 11 is 0. The standard InChI is InChI=1S/C18H24O2P2/c1-5-14-11-13(3)7-9-17(14)19-22(4)20-18-10-8-16(21)12-15(18)6-2/h7-12H,5-6,21H2,1-4H3. The van der Waals surface area contributed by atoms with Crippen molar-refractivity contribution in [1.29, 1.82) is 0 Å². The number of rotatable bonds is 6. The maximum absolute atomic E-state index is 6.06. The van der Waals surface area contributed by atoms with Crippen LogP contribution in [0.3, 0.4) is 0 Å². The van der Waals surface area contributed by atoms with Crippen molar-refractivity contribution in [2.45, 2.75) is 33.6 Å². The molecule has 2 nitrogen and oxygen atoms in total. The van der Waals surface area contributed by atoms with Gasteiger partial charge in [-0.1, -0.05) is 37.6 Å². The zero-order chi connectivity index (χ0) is 16.1. The molecule has 0 aliphatic heterocycles. The maximum atomic E-state index is 6.06. The molecule has 0 spiro atoms. The average molecular weight is 334 g/mol. The van der Waals surface area contributed by atoms with Gasteiger partial charge >= 0.3 is 0 Å². The third-order valence-corrected chi connectivity index (χ3v) is 4.78. The first-order chi connectivity index (χ1) is 10.5. The zero-order valence-corrected chi connectivity index (χ0v) is 15.8. The summed E-state index contributed by atoms with van der Waals surface area (Å²) in [5.41, 5.74) is 3.70. The van der Waals surface area contributed by atoms with E-state index in [0.717, 1.165) is 24.3 Å². The van der Waals surface area contributed by atoms with Crippen molar-refractivity contribution in [3.63, 3.8) is 0 Å². The molecule has 0 aliphatic rings. The molecule has 2 atom stereocenters. The van der Waals surface area contributed by atoms with Crippen LogP contribution in [0.5, 0.6) is 11.5 Å². The van der Waals surface area contributed by atoms with Gasteiger partial charge in [-0.15, -0.1) is 9.24 Å². The highest BCUT2D eigenvalue weighted by molar-refractivity contribution is 7.47. The summed E-state index contributed by atoms with van der Waals surface area (Å²) in [5.74, 6) is 1.86. The van der Waals surface area contributed by atoms with E-state index in [0.29, 0.717) is 0 Å². The number of aryl methyl sites for hydroxylation is 3. The van der Waals surface area contributed by atoms with Gasteiger partial charge in [0.1, 0.15) is 11.5 Å². The number of hydrogen-bond donors (Lipinski definition) is 0. The fraction of sp³-hybridized carbons (Fsp3) is 0.333. The van der Waals surface area contributed by atoms with Gasteiger partial charge in [-0.25, -0.2) is 0 Å². The summed E-state index contributed by atoms with van der Waals surface area (Å²) in [7, 11) is 1.72. The van der Waals surface area contributed by atoms with E-state index in [1.165, 1.54) is 22.0 Å². The third-order valence-electron chi connectivity index (χ3n) is 3.52. The summed E-state index contributed by atoms with van der Waals surface area (Å²) in [6.45, 7) is 8.39. The lowest BCUT2D eigenvalue weighted by molar-refractivity contribution is 0.490. The summed E-state index contributed by atoms with van der Waals surface area (Å²) in [6, 6.07) is 12.5. The molecule has 118 valence electrons. The van der Waals surface area contributed by atoms with Crippen molar-refractivity contribution < 1.29 is 9.05 Å². The van der Waals surface area contributed by atoms with Crippen LogP contribution in [0.2, 0.25) is 0 Å². The van der Waals surface area contributed by atoms with Gasteiger partial charge in [-0.05, 0) is 54.4 Å². The van der Waals surface area contributed by atoms with Crippen LogP contribution in [0.1, 0.15) is 30.5 Å². The predicted octanol–water partition coefficient (Wildman–Crippen LogP) is 5.02. The van der Waals surface area contributed by atoms with Crippen LogP contribution in [-0.2, 0) is 12.8 Å². The van der Waals surface area contributed by atoms with E-state index >= 15 is 0 Å². The van der Waals surface area contributed by atoms with E-state index in [-0.39, 0.29) is 0 Å². The van der Waals surface area contributed by atoms with Crippen molar-refractivity contribution in [3.8, 4) is 11.5 Å². The van der Waals surface area contributed by atoms with E-state index in [4.69, 9.17) is 9.05 Å². The second-order valence-corrected chi connectivity index (χ2v) is 7.22. The van der Waals surface area contributed by atoms with Crippen molar-refractivity contribution >= 4 is 22.9 Å². The topological polar surface area (TPSA) is 18.5 Å². The Bertz CT molecular complexity index is 585. The molecule has 0 radical (unpaired) electrons. The van der Waals surface area contributed by atoms with Gasteiger partial charge in [0.15, 0.2) is 0 Å². The molecular formula is C18H24O2P2. The van der Waals surface area contributed by atoms with E-state index < -0.39 is 8.38 Å². The summed E-state index contributed by atoms with van der Waals surface area (Å²) in [6.07, 6.45) is 1.91. The van der Waals surface area contributed by atoms with Gasteiger partial charge < -0.3 is 9.05 Å². The quantitative estimate of drug-likeness (QED) is 0.691. The van der Waals surface area contributed by atoms with Crippen LogP contribution in [0, 0.1) is 6.92 Å². The van der Waals surface area contributed by atoms with Crippen LogP contribution in [-0.4, -0.2) is 6.66 Å². The second kappa shape index (κ2) is 7.95. The third kappa shape index (κ3) is 4.45.